The van der Waals surface area contributed by atoms with Gasteiger partial charge in [-0.3, -0.25) is 0 Å². The van der Waals surface area contributed by atoms with Crippen molar-refractivity contribution in [2.24, 2.45) is 0 Å². The maximum Gasteiger partial charge on any atom is 0.175 e. The molecule has 3 heteroatoms. The smallest absolute Gasteiger partial charge is 0.175 e. The van der Waals surface area contributed by atoms with Crippen LogP contribution in [0.15, 0.2) is 24.4 Å². The van der Waals surface area contributed by atoms with Crippen molar-refractivity contribution in [1.29, 1.82) is 0 Å². The predicted molar refractivity (Wildman–Crippen MR) is 33.4 cm³/mol. The molecule has 0 aromatic carbocycles. The number of aliphatic hydroxyl groups excluding tert-OH is 1. The van der Waals surface area contributed by atoms with Crippen LogP contribution in [0.5, 0.6) is 0 Å². The predicted octanol–water partition coefficient (Wildman–Crippen LogP) is -0.661. The summed E-state index contributed by atoms with van der Waals surface area (Å²) >= 11 is 0. The molecule has 50 valence electrons. The van der Waals surface area contributed by atoms with E-state index in [2.05, 4.69) is 5.32 Å². The lowest BCUT2D eigenvalue weighted by Gasteiger charge is -2.16. The van der Waals surface area contributed by atoms with Crippen LogP contribution in [-0.4, -0.2) is 22.5 Å². The van der Waals surface area contributed by atoms with Gasteiger partial charge in [-0.25, -0.2) is 0 Å². The van der Waals surface area contributed by atoms with E-state index in [1.807, 2.05) is 0 Å². The van der Waals surface area contributed by atoms with Crippen LogP contribution in [0.4, 0.5) is 0 Å². The normalized spacial score (nSPS) is 24.6. The fourth-order valence-electron chi connectivity index (χ4n) is 0.647. The third kappa shape index (κ3) is 1.55. The number of hydrogen-bond donors (Lipinski definition) is 3. The molecule has 1 aliphatic heterocycles. The molecule has 0 aromatic rings. The highest BCUT2D eigenvalue weighted by atomic mass is 16.5. The highest BCUT2D eigenvalue weighted by molar-refractivity contribution is 5.12. The first-order valence-corrected chi connectivity index (χ1v) is 2.76. The molecule has 0 spiro atoms. The molecule has 1 heterocycles. The molecule has 3 N–H and O–H groups in total. The average molecular weight is 127 g/mol. The first-order valence-electron chi connectivity index (χ1n) is 2.76. The molecule has 0 aromatic heterocycles. The van der Waals surface area contributed by atoms with Crippen LogP contribution in [0.2, 0.25) is 0 Å². The summed E-state index contributed by atoms with van der Waals surface area (Å²) in [5, 5.41) is 19.9. The first kappa shape index (κ1) is 6.32. The minimum atomic E-state index is -1.31. The van der Waals surface area contributed by atoms with Gasteiger partial charge in [0.25, 0.3) is 0 Å². The van der Waals surface area contributed by atoms with E-state index in [0.29, 0.717) is 0 Å². The molecule has 0 aliphatic carbocycles. The summed E-state index contributed by atoms with van der Waals surface area (Å²) in [7, 11) is 0. The minimum absolute atomic E-state index is 0.352. The van der Waals surface area contributed by atoms with Gasteiger partial charge in [0.2, 0.25) is 0 Å². The van der Waals surface area contributed by atoms with E-state index < -0.39 is 6.29 Å². The minimum Gasteiger partial charge on any atom is -0.380 e. The van der Waals surface area contributed by atoms with Gasteiger partial charge in [-0.15, -0.1) is 0 Å². The molecule has 0 amide bonds. The Bertz CT molecular complexity index is 140. The molecule has 3 nitrogen and oxygen atoms in total. The SMILES string of the molecule is OC(O)C1C=CC=CN1. The Hall–Kier alpha value is -0.800. The van der Waals surface area contributed by atoms with Crippen molar-refractivity contribution in [3.8, 4) is 0 Å². The largest absolute Gasteiger partial charge is 0.380 e. The van der Waals surface area contributed by atoms with Gasteiger partial charge in [-0.05, 0) is 12.3 Å². The Balaban J connectivity index is 2.46. The number of hydrogen-bond acceptors (Lipinski definition) is 3. The van der Waals surface area contributed by atoms with E-state index in [1.165, 1.54) is 0 Å². The summed E-state index contributed by atoms with van der Waals surface area (Å²) < 4.78 is 0. The molecule has 1 unspecified atom stereocenters. The van der Waals surface area contributed by atoms with Crippen molar-refractivity contribution in [2.75, 3.05) is 0 Å². The van der Waals surface area contributed by atoms with Gasteiger partial charge in [0.1, 0.15) is 0 Å². The maximum absolute atomic E-state index is 8.59. The first-order chi connectivity index (χ1) is 4.30. The number of aliphatic hydroxyl groups is 2. The standard InChI is InChI=1S/C6H9NO2/c8-6(9)5-3-1-2-4-7-5/h1-9H. The van der Waals surface area contributed by atoms with Gasteiger partial charge in [0, 0.05) is 0 Å². The van der Waals surface area contributed by atoms with Gasteiger partial charge >= 0.3 is 0 Å². The van der Waals surface area contributed by atoms with Crippen molar-refractivity contribution in [3.05, 3.63) is 24.4 Å². The van der Waals surface area contributed by atoms with E-state index in [9.17, 15) is 0 Å². The molecular formula is C6H9NO2. The van der Waals surface area contributed by atoms with E-state index in [4.69, 9.17) is 10.2 Å². The van der Waals surface area contributed by atoms with E-state index in [0.717, 1.165) is 0 Å². The highest BCUT2D eigenvalue weighted by Gasteiger charge is 2.10. The van der Waals surface area contributed by atoms with Gasteiger partial charge in [0.15, 0.2) is 6.29 Å². The van der Waals surface area contributed by atoms with Crippen LogP contribution >= 0.6 is 0 Å². The highest BCUT2D eigenvalue weighted by Crippen LogP contribution is 1.96. The molecule has 0 saturated carbocycles. The Morgan fingerprint density at radius 2 is 2.11 bits per heavy atom. The monoisotopic (exact) mass is 127 g/mol. The molecule has 1 atom stereocenters. The summed E-state index contributed by atoms with van der Waals surface area (Å²) in [6, 6.07) is -0.352. The second-order valence-electron chi connectivity index (χ2n) is 1.85. The molecule has 9 heavy (non-hydrogen) atoms. The third-order valence-electron chi connectivity index (χ3n) is 1.14. The number of allylic oxidation sites excluding steroid dienone is 2. The van der Waals surface area contributed by atoms with Gasteiger partial charge in [-0.2, -0.15) is 0 Å². The van der Waals surface area contributed by atoms with Crippen molar-refractivity contribution in [2.45, 2.75) is 12.3 Å². The summed E-state index contributed by atoms with van der Waals surface area (Å²) in [5.41, 5.74) is 0. The van der Waals surface area contributed by atoms with E-state index in [-0.39, 0.29) is 6.04 Å². The summed E-state index contributed by atoms with van der Waals surface area (Å²) in [6.07, 6.45) is 5.60. The lowest BCUT2D eigenvalue weighted by molar-refractivity contribution is -0.0531. The zero-order chi connectivity index (χ0) is 6.69. The Labute approximate surface area is 53.3 Å². The third-order valence-corrected chi connectivity index (χ3v) is 1.14. The van der Waals surface area contributed by atoms with Gasteiger partial charge in [-0.1, -0.05) is 12.2 Å². The number of nitrogens with one attached hydrogen (secondary N) is 1. The quantitative estimate of drug-likeness (QED) is 0.410. The molecular weight excluding hydrogens is 118 g/mol. The second kappa shape index (κ2) is 2.66. The van der Waals surface area contributed by atoms with Crippen molar-refractivity contribution in [1.82, 2.24) is 5.32 Å². The Morgan fingerprint density at radius 1 is 1.33 bits per heavy atom. The topological polar surface area (TPSA) is 52.5 Å². The van der Waals surface area contributed by atoms with Crippen LogP contribution in [0, 0.1) is 0 Å². The van der Waals surface area contributed by atoms with E-state index in [1.54, 1.807) is 24.4 Å². The Morgan fingerprint density at radius 3 is 2.44 bits per heavy atom. The van der Waals surface area contributed by atoms with Crippen molar-refractivity contribution < 1.29 is 10.2 Å². The number of rotatable bonds is 1. The van der Waals surface area contributed by atoms with Crippen LogP contribution in [0.1, 0.15) is 0 Å². The molecule has 0 fully saturated rings. The maximum atomic E-state index is 8.59. The lowest BCUT2D eigenvalue weighted by atomic mass is 10.2. The number of dihydropyridines is 1. The fraction of sp³-hybridized carbons (Fsp3) is 0.333. The molecule has 1 rings (SSSR count). The molecule has 0 bridgehead atoms. The zero-order valence-corrected chi connectivity index (χ0v) is 4.86. The van der Waals surface area contributed by atoms with Gasteiger partial charge in [0.05, 0.1) is 6.04 Å². The second-order valence-corrected chi connectivity index (χ2v) is 1.85. The van der Waals surface area contributed by atoms with E-state index >= 15 is 0 Å². The van der Waals surface area contributed by atoms with Crippen LogP contribution in [0.25, 0.3) is 0 Å². The lowest BCUT2D eigenvalue weighted by Crippen LogP contribution is -2.35. The van der Waals surface area contributed by atoms with Crippen molar-refractivity contribution >= 4 is 0 Å². The molecule has 0 radical (unpaired) electrons. The zero-order valence-electron chi connectivity index (χ0n) is 4.86. The van der Waals surface area contributed by atoms with Gasteiger partial charge < -0.3 is 15.5 Å². The van der Waals surface area contributed by atoms with Crippen LogP contribution in [-0.2, 0) is 0 Å². The fourth-order valence-corrected chi connectivity index (χ4v) is 0.647. The molecule has 1 aliphatic rings. The van der Waals surface area contributed by atoms with Crippen molar-refractivity contribution in [3.63, 3.8) is 0 Å². The summed E-state index contributed by atoms with van der Waals surface area (Å²) in [5.74, 6) is 0. The molecule has 0 saturated heterocycles. The summed E-state index contributed by atoms with van der Waals surface area (Å²) in [6.45, 7) is 0. The summed E-state index contributed by atoms with van der Waals surface area (Å²) in [4.78, 5) is 0. The van der Waals surface area contributed by atoms with Crippen LogP contribution < -0.4 is 5.32 Å². The Kier molecular flexibility index (Phi) is 1.87. The average Bonchev–Trinajstić information content (AvgIpc) is 1.90. The van der Waals surface area contributed by atoms with Crippen LogP contribution in [0.3, 0.4) is 0 Å².